The van der Waals surface area contributed by atoms with Crippen LogP contribution >= 0.6 is 11.8 Å². The van der Waals surface area contributed by atoms with E-state index in [1.807, 2.05) is 0 Å². The smallest absolute Gasteiger partial charge is 0.234 e. The molecule has 8 heteroatoms. The Bertz CT molecular complexity index is 853. The van der Waals surface area contributed by atoms with Crippen LogP contribution in [0.2, 0.25) is 0 Å². The quantitative estimate of drug-likeness (QED) is 0.570. The zero-order valence-electron chi connectivity index (χ0n) is 12.8. The number of aromatic nitrogens is 4. The number of carbonyl (C=O) groups is 1. The summed E-state index contributed by atoms with van der Waals surface area (Å²) in [5, 5.41) is 7.28. The molecule has 0 atom stereocenters. The number of amides is 1. The third-order valence-corrected chi connectivity index (χ3v) is 4.04. The molecule has 0 aliphatic heterocycles. The second-order valence-corrected chi connectivity index (χ2v) is 5.98. The van der Waals surface area contributed by atoms with Crippen LogP contribution in [0.5, 0.6) is 0 Å². The summed E-state index contributed by atoms with van der Waals surface area (Å²) in [4.78, 5) is 20.2. The van der Waals surface area contributed by atoms with Gasteiger partial charge in [0.1, 0.15) is 17.2 Å². The van der Waals surface area contributed by atoms with Crippen molar-refractivity contribution >= 4 is 23.4 Å². The molecule has 0 unspecified atom stereocenters. The van der Waals surface area contributed by atoms with Crippen molar-refractivity contribution in [3.63, 3.8) is 0 Å². The molecule has 1 amide bonds. The van der Waals surface area contributed by atoms with E-state index in [1.165, 1.54) is 24.2 Å². The summed E-state index contributed by atoms with van der Waals surface area (Å²) in [5.74, 6) is -0.0241. The molecule has 3 aromatic rings. The number of aryl methyl sites for hydroxylation is 1. The first-order chi connectivity index (χ1) is 11.6. The van der Waals surface area contributed by atoms with Gasteiger partial charge in [-0.1, -0.05) is 17.8 Å². The minimum atomic E-state index is -0.448. The third kappa shape index (κ3) is 3.96. The molecular formula is C16H14FN5OS. The van der Waals surface area contributed by atoms with Gasteiger partial charge in [-0.3, -0.25) is 4.79 Å². The Morgan fingerprint density at radius 3 is 2.96 bits per heavy atom. The van der Waals surface area contributed by atoms with Crippen LogP contribution in [-0.4, -0.2) is 31.4 Å². The molecule has 1 N–H and O–H groups in total. The minimum absolute atomic E-state index is 0.114. The maximum Gasteiger partial charge on any atom is 0.234 e. The van der Waals surface area contributed by atoms with Gasteiger partial charge in [-0.2, -0.15) is 5.10 Å². The Hall–Kier alpha value is -2.74. The van der Waals surface area contributed by atoms with E-state index in [9.17, 15) is 9.18 Å². The first-order valence-corrected chi connectivity index (χ1v) is 8.11. The summed E-state index contributed by atoms with van der Waals surface area (Å²) in [6, 6.07) is 8.19. The molecule has 1 aromatic carbocycles. The highest BCUT2D eigenvalue weighted by Gasteiger charge is 2.09. The maximum absolute atomic E-state index is 13.7. The molecule has 24 heavy (non-hydrogen) atoms. The van der Waals surface area contributed by atoms with Gasteiger partial charge in [0, 0.05) is 18.5 Å². The largest absolute Gasteiger partial charge is 0.323 e. The SMILES string of the molecule is Cc1ccc(NC(=O)CSc2cc(-n3cccn3)ncn2)c(F)c1. The second kappa shape index (κ2) is 7.22. The highest BCUT2D eigenvalue weighted by atomic mass is 32.2. The van der Waals surface area contributed by atoms with Crippen LogP contribution in [0.3, 0.4) is 0 Å². The number of nitrogens with zero attached hydrogens (tertiary/aromatic N) is 4. The Labute approximate surface area is 142 Å². The topological polar surface area (TPSA) is 72.7 Å². The van der Waals surface area contributed by atoms with Gasteiger partial charge in [0.15, 0.2) is 5.82 Å². The van der Waals surface area contributed by atoms with Crippen molar-refractivity contribution in [3.05, 3.63) is 60.4 Å². The summed E-state index contributed by atoms with van der Waals surface area (Å²) in [7, 11) is 0. The standard InChI is InChI=1S/C16H14FN5OS/c1-11-3-4-13(12(17)7-11)21-15(23)9-24-16-8-14(18-10-19-16)22-6-2-5-20-22/h2-8,10H,9H2,1H3,(H,21,23). The zero-order chi connectivity index (χ0) is 16.9. The Kier molecular flexibility index (Phi) is 4.85. The van der Waals surface area contributed by atoms with Gasteiger partial charge in [0.05, 0.1) is 11.4 Å². The number of nitrogens with one attached hydrogen (secondary N) is 1. The number of rotatable bonds is 5. The van der Waals surface area contributed by atoms with E-state index >= 15 is 0 Å². The number of hydrogen-bond donors (Lipinski definition) is 1. The fourth-order valence-corrected chi connectivity index (χ4v) is 2.65. The molecule has 122 valence electrons. The molecule has 2 heterocycles. The van der Waals surface area contributed by atoms with Gasteiger partial charge in [0.25, 0.3) is 0 Å². The van der Waals surface area contributed by atoms with E-state index in [0.29, 0.717) is 10.8 Å². The van der Waals surface area contributed by atoms with Crippen molar-refractivity contribution in [1.82, 2.24) is 19.7 Å². The molecule has 6 nitrogen and oxygen atoms in total. The van der Waals surface area contributed by atoms with Crippen molar-refractivity contribution < 1.29 is 9.18 Å². The van der Waals surface area contributed by atoms with Crippen LogP contribution in [0.1, 0.15) is 5.56 Å². The summed E-state index contributed by atoms with van der Waals surface area (Å²) < 4.78 is 15.3. The molecule has 0 fully saturated rings. The van der Waals surface area contributed by atoms with E-state index < -0.39 is 5.82 Å². The molecule has 2 aromatic heterocycles. The van der Waals surface area contributed by atoms with Gasteiger partial charge in [-0.05, 0) is 30.7 Å². The number of halogens is 1. The van der Waals surface area contributed by atoms with E-state index in [4.69, 9.17) is 0 Å². The Balaban J connectivity index is 1.61. The average Bonchev–Trinajstić information content (AvgIpc) is 3.10. The second-order valence-electron chi connectivity index (χ2n) is 4.99. The highest BCUT2D eigenvalue weighted by Crippen LogP contribution is 2.19. The van der Waals surface area contributed by atoms with Crippen LogP contribution in [0.4, 0.5) is 10.1 Å². The third-order valence-electron chi connectivity index (χ3n) is 3.12. The van der Waals surface area contributed by atoms with E-state index in [2.05, 4.69) is 20.4 Å². The number of carbonyl (C=O) groups excluding carboxylic acids is 1. The molecule has 0 bridgehead atoms. The number of thioether (sulfide) groups is 1. The average molecular weight is 343 g/mol. The Morgan fingerprint density at radius 1 is 1.33 bits per heavy atom. The van der Waals surface area contributed by atoms with E-state index in [0.717, 1.165) is 5.56 Å². The van der Waals surface area contributed by atoms with E-state index in [1.54, 1.807) is 48.3 Å². The fourth-order valence-electron chi connectivity index (χ4n) is 1.99. The van der Waals surface area contributed by atoms with Crippen molar-refractivity contribution in [1.29, 1.82) is 0 Å². The van der Waals surface area contributed by atoms with Crippen molar-refractivity contribution in [2.45, 2.75) is 11.9 Å². The molecule has 0 spiro atoms. The fraction of sp³-hybridized carbons (Fsp3) is 0.125. The highest BCUT2D eigenvalue weighted by molar-refractivity contribution is 7.99. The summed E-state index contributed by atoms with van der Waals surface area (Å²) >= 11 is 1.24. The number of anilines is 1. The maximum atomic E-state index is 13.7. The molecular weight excluding hydrogens is 329 g/mol. The molecule has 0 saturated heterocycles. The monoisotopic (exact) mass is 343 g/mol. The summed E-state index contributed by atoms with van der Waals surface area (Å²) in [6.45, 7) is 1.79. The predicted molar refractivity (Wildman–Crippen MR) is 89.6 cm³/mol. The van der Waals surface area contributed by atoms with Crippen molar-refractivity contribution in [2.75, 3.05) is 11.1 Å². The predicted octanol–water partition coefficient (Wildman–Crippen LogP) is 2.84. The van der Waals surface area contributed by atoms with Gasteiger partial charge >= 0.3 is 0 Å². The zero-order valence-corrected chi connectivity index (χ0v) is 13.6. The van der Waals surface area contributed by atoms with Crippen LogP contribution in [0.25, 0.3) is 5.82 Å². The van der Waals surface area contributed by atoms with Gasteiger partial charge in [-0.15, -0.1) is 0 Å². The molecule has 0 aliphatic carbocycles. The van der Waals surface area contributed by atoms with Gasteiger partial charge in [-0.25, -0.2) is 19.0 Å². The lowest BCUT2D eigenvalue weighted by atomic mass is 10.2. The van der Waals surface area contributed by atoms with Crippen LogP contribution < -0.4 is 5.32 Å². The molecule has 0 radical (unpaired) electrons. The van der Waals surface area contributed by atoms with Crippen LogP contribution in [0.15, 0.2) is 54.1 Å². The molecule has 0 saturated carbocycles. The summed E-state index contributed by atoms with van der Waals surface area (Å²) in [6.07, 6.45) is 4.83. The van der Waals surface area contributed by atoms with Crippen LogP contribution in [0, 0.1) is 12.7 Å². The lowest BCUT2D eigenvalue weighted by Crippen LogP contribution is -2.15. The first-order valence-electron chi connectivity index (χ1n) is 7.13. The van der Waals surface area contributed by atoms with Crippen molar-refractivity contribution in [2.24, 2.45) is 0 Å². The summed E-state index contributed by atoms with van der Waals surface area (Å²) in [5.41, 5.74) is 0.970. The van der Waals surface area contributed by atoms with Crippen LogP contribution in [-0.2, 0) is 4.79 Å². The Morgan fingerprint density at radius 2 is 2.21 bits per heavy atom. The van der Waals surface area contributed by atoms with Crippen molar-refractivity contribution in [3.8, 4) is 5.82 Å². The lowest BCUT2D eigenvalue weighted by molar-refractivity contribution is -0.113. The number of benzene rings is 1. The van der Waals surface area contributed by atoms with Gasteiger partial charge in [0.2, 0.25) is 5.91 Å². The minimum Gasteiger partial charge on any atom is -0.323 e. The molecule has 3 rings (SSSR count). The number of hydrogen-bond acceptors (Lipinski definition) is 5. The van der Waals surface area contributed by atoms with Gasteiger partial charge < -0.3 is 5.32 Å². The normalized spacial score (nSPS) is 10.6. The lowest BCUT2D eigenvalue weighted by Gasteiger charge is -2.07. The van der Waals surface area contributed by atoms with E-state index in [-0.39, 0.29) is 17.3 Å². The molecule has 0 aliphatic rings. The first kappa shape index (κ1) is 16.1.